The predicted octanol–water partition coefficient (Wildman–Crippen LogP) is 2.70. The van der Waals surface area contributed by atoms with E-state index in [-0.39, 0.29) is 5.28 Å². The van der Waals surface area contributed by atoms with Crippen molar-refractivity contribution >= 4 is 11.6 Å². The Morgan fingerprint density at radius 2 is 2.21 bits per heavy atom. The molecule has 0 unspecified atom stereocenters. The summed E-state index contributed by atoms with van der Waals surface area (Å²) in [5.74, 6) is 1.28. The second-order valence-electron chi connectivity index (χ2n) is 3.63. The molecule has 14 heavy (non-hydrogen) atoms. The number of ether oxygens (including phenoxy) is 1. The Morgan fingerprint density at radius 3 is 2.93 bits per heavy atom. The second kappa shape index (κ2) is 4.60. The molecule has 0 spiro atoms. The summed E-state index contributed by atoms with van der Waals surface area (Å²) in [5.41, 5.74) is 0. The number of rotatable bonds is 3. The fourth-order valence-electron chi connectivity index (χ4n) is 1.78. The molecule has 1 fully saturated rings. The molecule has 0 radical (unpaired) electrons. The molecule has 2 rings (SSSR count). The number of aromatic nitrogens is 2. The molecule has 1 heterocycles. The van der Waals surface area contributed by atoms with Gasteiger partial charge in [0.05, 0.1) is 6.61 Å². The molecule has 1 aliphatic rings. The van der Waals surface area contributed by atoms with Crippen molar-refractivity contribution in [3.63, 3.8) is 0 Å². The first-order chi connectivity index (χ1) is 6.84. The van der Waals surface area contributed by atoms with E-state index in [1.165, 1.54) is 25.7 Å². The van der Waals surface area contributed by atoms with Crippen molar-refractivity contribution in [3.05, 3.63) is 17.5 Å². The highest BCUT2D eigenvalue weighted by atomic mass is 35.5. The summed E-state index contributed by atoms with van der Waals surface area (Å²) in [4.78, 5) is 7.76. The minimum Gasteiger partial charge on any atom is -0.477 e. The van der Waals surface area contributed by atoms with Crippen molar-refractivity contribution < 1.29 is 4.74 Å². The molecule has 4 heteroatoms. The van der Waals surface area contributed by atoms with Crippen molar-refractivity contribution in [1.82, 2.24) is 9.97 Å². The van der Waals surface area contributed by atoms with Crippen molar-refractivity contribution in [2.24, 2.45) is 5.92 Å². The lowest BCUT2D eigenvalue weighted by atomic mass is 10.1. The van der Waals surface area contributed by atoms with E-state index in [9.17, 15) is 0 Å². The van der Waals surface area contributed by atoms with E-state index in [1.807, 2.05) is 0 Å². The molecule has 1 aromatic heterocycles. The monoisotopic (exact) mass is 212 g/mol. The molecule has 0 saturated heterocycles. The molecule has 0 bridgehead atoms. The molecule has 0 aliphatic heterocycles. The summed E-state index contributed by atoms with van der Waals surface area (Å²) in [6.07, 6.45) is 6.83. The maximum Gasteiger partial charge on any atom is 0.225 e. The van der Waals surface area contributed by atoms with Gasteiger partial charge < -0.3 is 4.74 Å². The van der Waals surface area contributed by atoms with Crippen molar-refractivity contribution in [2.45, 2.75) is 25.7 Å². The Labute approximate surface area is 88.5 Å². The van der Waals surface area contributed by atoms with Gasteiger partial charge in [-0.15, -0.1) is 0 Å². The van der Waals surface area contributed by atoms with Crippen LogP contribution in [-0.4, -0.2) is 16.6 Å². The third-order valence-corrected chi connectivity index (χ3v) is 2.72. The average Bonchev–Trinajstić information content (AvgIpc) is 2.67. The normalized spacial score (nSPS) is 17.2. The van der Waals surface area contributed by atoms with E-state index in [4.69, 9.17) is 16.3 Å². The number of halogens is 1. The summed E-state index contributed by atoms with van der Waals surface area (Å²) in [6, 6.07) is 1.74. The summed E-state index contributed by atoms with van der Waals surface area (Å²) < 4.78 is 5.54. The van der Waals surface area contributed by atoms with Crippen LogP contribution in [0.1, 0.15) is 25.7 Å². The highest BCUT2D eigenvalue weighted by Gasteiger charge is 2.15. The maximum atomic E-state index is 5.64. The van der Waals surface area contributed by atoms with Gasteiger partial charge >= 0.3 is 0 Å². The molecule has 0 aromatic carbocycles. The molecular formula is C10H13ClN2O. The average molecular weight is 213 g/mol. The van der Waals surface area contributed by atoms with Crippen LogP contribution in [0.25, 0.3) is 0 Å². The first-order valence-corrected chi connectivity index (χ1v) is 5.34. The fraction of sp³-hybridized carbons (Fsp3) is 0.600. The lowest BCUT2D eigenvalue weighted by Crippen LogP contribution is -2.08. The van der Waals surface area contributed by atoms with Gasteiger partial charge in [-0.2, -0.15) is 4.98 Å². The Hall–Kier alpha value is -0.830. The van der Waals surface area contributed by atoms with Crippen LogP contribution in [0.15, 0.2) is 12.3 Å². The number of hydrogen-bond acceptors (Lipinski definition) is 3. The molecule has 76 valence electrons. The van der Waals surface area contributed by atoms with Gasteiger partial charge in [0, 0.05) is 12.3 Å². The third kappa shape index (κ3) is 2.58. The Kier molecular flexibility index (Phi) is 3.19. The van der Waals surface area contributed by atoms with Crippen LogP contribution in [0.4, 0.5) is 0 Å². The predicted molar refractivity (Wildman–Crippen MR) is 54.5 cm³/mol. The SMILES string of the molecule is Clc1nccc(OCC2CCCC2)n1. The van der Waals surface area contributed by atoms with Crippen LogP contribution in [0.2, 0.25) is 5.28 Å². The number of nitrogens with zero attached hydrogens (tertiary/aromatic N) is 2. The molecule has 0 N–H and O–H groups in total. The van der Waals surface area contributed by atoms with Gasteiger partial charge in [-0.1, -0.05) is 12.8 Å². The van der Waals surface area contributed by atoms with Gasteiger partial charge in [0.2, 0.25) is 11.2 Å². The third-order valence-electron chi connectivity index (χ3n) is 2.54. The summed E-state index contributed by atoms with van der Waals surface area (Å²) >= 11 is 5.64. The maximum absolute atomic E-state index is 5.64. The van der Waals surface area contributed by atoms with Gasteiger partial charge in [-0.05, 0) is 30.4 Å². The molecular weight excluding hydrogens is 200 g/mol. The Bertz CT molecular complexity index is 300. The summed E-state index contributed by atoms with van der Waals surface area (Å²) in [6.45, 7) is 0.757. The van der Waals surface area contributed by atoms with E-state index in [0.29, 0.717) is 11.8 Å². The van der Waals surface area contributed by atoms with Crippen molar-refractivity contribution in [1.29, 1.82) is 0 Å². The van der Waals surface area contributed by atoms with Crippen LogP contribution in [0, 0.1) is 5.92 Å². The van der Waals surface area contributed by atoms with Crippen LogP contribution in [0.3, 0.4) is 0 Å². The van der Waals surface area contributed by atoms with Gasteiger partial charge in [-0.3, -0.25) is 0 Å². The van der Waals surface area contributed by atoms with Gasteiger partial charge in [0.15, 0.2) is 0 Å². The molecule has 1 aliphatic carbocycles. The summed E-state index contributed by atoms with van der Waals surface area (Å²) in [5, 5.41) is 0.244. The standard InChI is InChI=1S/C10H13ClN2O/c11-10-12-6-5-9(13-10)14-7-8-3-1-2-4-8/h5-6,8H,1-4,7H2. The van der Waals surface area contributed by atoms with Crippen LogP contribution >= 0.6 is 11.6 Å². The first kappa shape index (κ1) is 9.71. The quantitative estimate of drug-likeness (QED) is 0.723. The second-order valence-corrected chi connectivity index (χ2v) is 3.96. The van der Waals surface area contributed by atoms with Crippen LogP contribution in [-0.2, 0) is 0 Å². The van der Waals surface area contributed by atoms with Crippen molar-refractivity contribution in [2.75, 3.05) is 6.61 Å². The van der Waals surface area contributed by atoms with Crippen molar-refractivity contribution in [3.8, 4) is 5.88 Å². The zero-order chi connectivity index (χ0) is 9.80. The number of hydrogen-bond donors (Lipinski definition) is 0. The van der Waals surface area contributed by atoms with E-state index < -0.39 is 0 Å². The minimum atomic E-state index is 0.244. The molecule has 0 atom stereocenters. The molecule has 3 nitrogen and oxygen atoms in total. The minimum absolute atomic E-state index is 0.244. The molecule has 0 amide bonds. The lowest BCUT2D eigenvalue weighted by Gasteiger charge is -2.09. The Balaban J connectivity index is 1.85. The van der Waals surface area contributed by atoms with E-state index in [0.717, 1.165) is 6.61 Å². The van der Waals surface area contributed by atoms with Gasteiger partial charge in [0.1, 0.15) is 0 Å². The van der Waals surface area contributed by atoms with Gasteiger partial charge in [-0.25, -0.2) is 4.98 Å². The Morgan fingerprint density at radius 1 is 1.43 bits per heavy atom. The highest BCUT2D eigenvalue weighted by molar-refractivity contribution is 6.28. The highest BCUT2D eigenvalue weighted by Crippen LogP contribution is 2.25. The molecule has 1 saturated carbocycles. The smallest absolute Gasteiger partial charge is 0.225 e. The van der Waals surface area contributed by atoms with Crippen LogP contribution < -0.4 is 4.74 Å². The first-order valence-electron chi connectivity index (χ1n) is 4.96. The van der Waals surface area contributed by atoms with Gasteiger partial charge in [0.25, 0.3) is 0 Å². The van der Waals surface area contributed by atoms with E-state index >= 15 is 0 Å². The fourth-order valence-corrected chi connectivity index (χ4v) is 1.92. The molecule has 1 aromatic rings. The van der Waals surface area contributed by atoms with E-state index in [1.54, 1.807) is 12.3 Å². The zero-order valence-corrected chi connectivity index (χ0v) is 8.70. The topological polar surface area (TPSA) is 35.0 Å². The summed E-state index contributed by atoms with van der Waals surface area (Å²) in [7, 11) is 0. The van der Waals surface area contributed by atoms with E-state index in [2.05, 4.69) is 9.97 Å². The largest absolute Gasteiger partial charge is 0.477 e. The lowest BCUT2D eigenvalue weighted by molar-refractivity contribution is 0.243. The van der Waals surface area contributed by atoms with Crippen LogP contribution in [0.5, 0.6) is 5.88 Å². The zero-order valence-electron chi connectivity index (χ0n) is 7.95.